The molecule has 2 N–H and O–H groups in total. The number of fused-ring (bicyclic) bond motifs is 1. The fraction of sp³-hybridized carbons (Fsp3) is 0.108. The number of amides is 2. The van der Waals surface area contributed by atoms with Crippen molar-refractivity contribution < 1.29 is 28.8 Å². The molecule has 9 aromatic rings. The molecule has 79 heavy (non-hydrogen) atoms. The third-order valence-electron chi connectivity index (χ3n) is 13.8. The molecule has 1 unspecified atom stereocenters. The number of ether oxygens (including phenoxy) is 1. The highest BCUT2D eigenvalue weighted by molar-refractivity contribution is 8.17. The van der Waals surface area contributed by atoms with Gasteiger partial charge in [-0.1, -0.05) is 260 Å². The molecule has 1 fully saturated rings. The van der Waals surface area contributed by atoms with Gasteiger partial charge in [-0.05, 0) is 27.8 Å². The molecule has 11 nitrogen and oxygen atoms in total. The van der Waals surface area contributed by atoms with Gasteiger partial charge in [-0.15, -0.1) is 23.1 Å². The number of esters is 1. The summed E-state index contributed by atoms with van der Waals surface area (Å²) in [6, 6.07) is 76.9. The smallest absolute Gasteiger partial charge is 0.356 e. The number of carbonyl (C=O) groups excluding carboxylic acids is 4. The third-order valence-corrected chi connectivity index (χ3v) is 16.9. The number of nitrogens with one attached hydrogen (secondary N) is 2. The van der Waals surface area contributed by atoms with Crippen LogP contribution in [0.25, 0.3) is 0 Å². The van der Waals surface area contributed by atoms with Crippen LogP contribution in [0.15, 0.2) is 264 Å². The lowest BCUT2D eigenvalue weighted by molar-refractivity contribution is -0.154. The van der Waals surface area contributed by atoms with E-state index < -0.39 is 46.4 Å². The minimum absolute atomic E-state index is 0.0409. The first-order chi connectivity index (χ1) is 38.7. The zero-order chi connectivity index (χ0) is 54.2. The summed E-state index contributed by atoms with van der Waals surface area (Å²) in [5, 5.41) is 12.9. The second kappa shape index (κ2) is 23.4. The Morgan fingerprint density at radius 3 is 1.47 bits per heavy atom. The molecule has 2 aliphatic heterocycles. The molecule has 3 heterocycles. The Morgan fingerprint density at radius 1 is 0.620 bits per heavy atom. The van der Waals surface area contributed by atoms with Crippen LogP contribution >= 0.6 is 34.9 Å². The van der Waals surface area contributed by atoms with Gasteiger partial charge in [-0.2, -0.15) is 0 Å². The van der Waals surface area contributed by atoms with Gasteiger partial charge in [0, 0.05) is 39.7 Å². The van der Waals surface area contributed by atoms with Gasteiger partial charge >= 0.3 is 5.97 Å². The Balaban J connectivity index is 0.987. The normalized spacial score (nSPS) is 15.4. The number of thioether (sulfide) groups is 2. The lowest BCUT2D eigenvalue weighted by Gasteiger charge is -2.49. The fourth-order valence-corrected chi connectivity index (χ4v) is 13.2. The second-order valence-corrected chi connectivity index (χ2v) is 21.9. The van der Waals surface area contributed by atoms with Crippen LogP contribution in [-0.4, -0.2) is 55.7 Å². The number of hydrogen-bond acceptors (Lipinski definition) is 12. The van der Waals surface area contributed by atoms with Crippen molar-refractivity contribution >= 4 is 68.6 Å². The van der Waals surface area contributed by atoms with Crippen LogP contribution in [0.4, 0.5) is 5.13 Å². The summed E-state index contributed by atoms with van der Waals surface area (Å²) in [4.78, 5) is 71.4. The van der Waals surface area contributed by atoms with Crippen molar-refractivity contribution in [3.63, 3.8) is 0 Å². The van der Waals surface area contributed by atoms with E-state index in [1.807, 2.05) is 206 Å². The van der Waals surface area contributed by atoms with Crippen LogP contribution in [0.3, 0.4) is 0 Å². The number of benzene rings is 8. The molecule has 390 valence electrons. The van der Waals surface area contributed by atoms with Gasteiger partial charge in [0.15, 0.2) is 22.1 Å². The van der Waals surface area contributed by atoms with Crippen LogP contribution in [0.5, 0.6) is 0 Å². The van der Waals surface area contributed by atoms with E-state index in [1.54, 1.807) is 5.38 Å². The van der Waals surface area contributed by atoms with E-state index in [-0.39, 0.29) is 28.0 Å². The van der Waals surface area contributed by atoms with Crippen molar-refractivity contribution in [2.75, 3.05) is 11.1 Å². The highest BCUT2D eigenvalue weighted by Crippen LogP contribution is 2.46. The number of oxime groups is 1. The maximum absolute atomic E-state index is 15.4. The number of thiazole rings is 1. The minimum Gasteiger partial charge on any atom is -0.448 e. The lowest BCUT2D eigenvalue weighted by Crippen LogP contribution is -2.71. The molecule has 11 rings (SSSR count). The Hall–Kier alpha value is -8.82. The number of nitrogens with zero attached hydrogens (tertiary/aromatic N) is 3. The molecule has 1 aromatic heterocycles. The number of β-lactam (4-membered cyclic amide) rings is 1. The zero-order valence-electron chi connectivity index (χ0n) is 42.6. The topological polar surface area (TPSA) is 139 Å². The number of hydrogen-bond donors (Lipinski definition) is 2. The van der Waals surface area contributed by atoms with Gasteiger partial charge in [-0.3, -0.25) is 19.3 Å². The van der Waals surface area contributed by atoms with E-state index in [9.17, 15) is 14.4 Å². The maximum atomic E-state index is 15.4. The first-order valence-electron chi connectivity index (χ1n) is 25.6. The summed E-state index contributed by atoms with van der Waals surface area (Å²) >= 11 is 3.50. The zero-order valence-corrected chi connectivity index (χ0v) is 45.1. The van der Waals surface area contributed by atoms with E-state index in [0.717, 1.165) is 56.3 Å². The summed E-state index contributed by atoms with van der Waals surface area (Å²) in [6.45, 7) is 1.41. The van der Waals surface area contributed by atoms with Crippen LogP contribution in [0.2, 0.25) is 0 Å². The Bertz CT molecular complexity index is 3420. The SMILES string of the molecule is CC(=O)SC1=C(C(=O)OC(c2ccccc2)c2ccccc2)N2C(=O)C(NC(=O)C(=NOC(c3ccccc3)(c3ccccc3)c3ccccc3)c3csc(NC(c4ccccc4)(c4ccccc4)c4ccccc4)n3)[C@@H]2SC1. The van der Waals surface area contributed by atoms with E-state index in [4.69, 9.17) is 19.7 Å². The molecule has 2 atom stereocenters. The summed E-state index contributed by atoms with van der Waals surface area (Å²) in [6.07, 6.45) is -0.824. The number of aromatic nitrogens is 1. The fourth-order valence-electron chi connectivity index (χ4n) is 10.2. The third kappa shape index (κ3) is 10.5. The highest BCUT2D eigenvalue weighted by atomic mass is 32.2. The molecular formula is C65H51N5O6S3. The first kappa shape index (κ1) is 52.2. The molecule has 2 aliphatic rings. The van der Waals surface area contributed by atoms with Gasteiger partial charge in [-0.25, -0.2) is 9.78 Å². The van der Waals surface area contributed by atoms with Crippen LogP contribution in [0.1, 0.15) is 63.2 Å². The summed E-state index contributed by atoms with van der Waals surface area (Å²) < 4.78 is 6.32. The van der Waals surface area contributed by atoms with E-state index in [1.165, 1.54) is 34.9 Å². The van der Waals surface area contributed by atoms with Gasteiger partial charge in [0.1, 0.15) is 28.3 Å². The van der Waals surface area contributed by atoms with Crippen molar-refractivity contribution in [1.82, 2.24) is 15.2 Å². The van der Waals surface area contributed by atoms with Crippen molar-refractivity contribution in [2.24, 2.45) is 5.16 Å². The molecular weight excluding hydrogens is 1040 g/mol. The van der Waals surface area contributed by atoms with Crippen LogP contribution in [0, 0.1) is 0 Å². The monoisotopic (exact) mass is 1090 g/mol. The number of rotatable bonds is 18. The molecule has 0 radical (unpaired) electrons. The molecule has 0 aliphatic carbocycles. The van der Waals surface area contributed by atoms with E-state index in [2.05, 4.69) is 47.0 Å². The van der Waals surface area contributed by atoms with Gasteiger partial charge in [0.2, 0.25) is 5.60 Å². The Morgan fingerprint density at radius 2 is 1.04 bits per heavy atom. The van der Waals surface area contributed by atoms with Crippen LogP contribution in [-0.2, 0) is 39.9 Å². The van der Waals surface area contributed by atoms with E-state index >= 15 is 4.79 Å². The molecule has 8 aromatic carbocycles. The number of carbonyl (C=O) groups is 4. The standard InChI is InChI=1S/C65H51N5O6S3/c1-44(71)79-54-43-77-61-56(60(73)70(61)57(54)62(74)75-58(45-26-10-2-11-27-45)46-28-12-3-13-29-46)67-59(72)55(69-76-65(50-36-20-7-21-37-50,51-38-22-8-23-39-51)52-40-24-9-25-41-52)53-42-78-63(66-53)68-64(47-30-14-4-15-31-47,48-32-16-5-17-33-48)49-34-18-6-19-35-49/h2-42,56,58,61H,43H2,1H3,(H,66,68)(H,67,72)/t56?,61-/m0/s1. The molecule has 14 heteroatoms. The quantitative estimate of drug-likeness (QED) is 0.0281. The minimum atomic E-state index is -1.39. The van der Waals surface area contributed by atoms with Crippen molar-refractivity contribution in [1.29, 1.82) is 0 Å². The molecule has 0 spiro atoms. The van der Waals surface area contributed by atoms with Gasteiger partial charge in [0.05, 0.1) is 0 Å². The van der Waals surface area contributed by atoms with Crippen LogP contribution < -0.4 is 10.6 Å². The molecule has 0 bridgehead atoms. The largest absolute Gasteiger partial charge is 0.448 e. The highest BCUT2D eigenvalue weighted by Gasteiger charge is 2.55. The maximum Gasteiger partial charge on any atom is 0.356 e. The van der Waals surface area contributed by atoms with Crippen molar-refractivity contribution in [3.05, 3.63) is 309 Å². The molecule has 2 amide bonds. The van der Waals surface area contributed by atoms with Crippen molar-refractivity contribution in [3.8, 4) is 0 Å². The predicted octanol–water partition coefficient (Wildman–Crippen LogP) is 12.5. The Kier molecular flexibility index (Phi) is 15.5. The summed E-state index contributed by atoms with van der Waals surface area (Å²) in [7, 11) is 0. The average molecular weight is 1090 g/mol. The Labute approximate surface area is 470 Å². The molecule has 0 saturated carbocycles. The molecule has 1 saturated heterocycles. The second-order valence-electron chi connectivity index (χ2n) is 18.7. The lowest BCUT2D eigenvalue weighted by atomic mass is 9.77. The summed E-state index contributed by atoms with van der Waals surface area (Å²) in [5.41, 5.74) is 4.12. The van der Waals surface area contributed by atoms with E-state index in [0.29, 0.717) is 10.0 Å². The van der Waals surface area contributed by atoms with Gasteiger partial charge < -0.3 is 20.2 Å². The van der Waals surface area contributed by atoms with Gasteiger partial charge in [0.25, 0.3) is 11.8 Å². The predicted molar refractivity (Wildman–Crippen MR) is 313 cm³/mol. The average Bonchev–Trinajstić information content (AvgIpc) is 4.14. The van der Waals surface area contributed by atoms with Crippen molar-refractivity contribution in [2.45, 2.75) is 35.6 Å². The summed E-state index contributed by atoms with van der Waals surface area (Å²) in [5.74, 6) is -1.90. The first-order valence-corrected chi connectivity index (χ1v) is 28.3. The number of anilines is 1.